The number of carbonyl (C=O) groups is 1. The number of para-hydroxylation sites is 1. The van der Waals surface area contributed by atoms with Gasteiger partial charge in [-0.05, 0) is 42.5 Å². The highest BCUT2D eigenvalue weighted by Crippen LogP contribution is 2.32. The molecule has 0 spiro atoms. The van der Waals surface area contributed by atoms with Crippen LogP contribution in [0.25, 0.3) is 21.9 Å². The number of fused-ring (bicyclic) bond motifs is 2. The molecule has 0 atom stereocenters. The van der Waals surface area contributed by atoms with Gasteiger partial charge >= 0.3 is 0 Å². The normalized spacial score (nSPS) is 10.9. The summed E-state index contributed by atoms with van der Waals surface area (Å²) in [7, 11) is 1.47. The fourth-order valence-electron chi connectivity index (χ4n) is 2.94. The number of hydrogen-bond acceptors (Lipinski definition) is 5. The van der Waals surface area contributed by atoms with E-state index in [1.165, 1.54) is 7.11 Å². The van der Waals surface area contributed by atoms with E-state index in [1.807, 2.05) is 0 Å². The van der Waals surface area contributed by atoms with Crippen molar-refractivity contribution in [3.8, 4) is 11.5 Å². The number of ether oxygens (including phenoxy) is 2. The molecule has 0 saturated carbocycles. The third-order valence-electron chi connectivity index (χ3n) is 4.39. The van der Waals surface area contributed by atoms with Gasteiger partial charge in [-0.2, -0.15) is 0 Å². The molecule has 0 radical (unpaired) electrons. The van der Waals surface area contributed by atoms with E-state index in [-0.39, 0.29) is 17.8 Å². The van der Waals surface area contributed by atoms with Crippen LogP contribution in [0.15, 0.2) is 69.9 Å². The molecule has 0 bridgehead atoms. The summed E-state index contributed by atoms with van der Waals surface area (Å²) >= 11 is 5.84. The summed E-state index contributed by atoms with van der Waals surface area (Å²) in [6, 6.07) is 16.7. The number of benzene rings is 3. The summed E-state index contributed by atoms with van der Waals surface area (Å²) in [5, 5.41) is 1.42. The van der Waals surface area contributed by atoms with Crippen LogP contribution < -0.4 is 14.9 Å². The van der Waals surface area contributed by atoms with E-state index in [2.05, 4.69) is 0 Å². The first-order valence-electron chi connectivity index (χ1n) is 8.52. The molecule has 4 aromatic rings. The van der Waals surface area contributed by atoms with Crippen molar-refractivity contribution in [3.05, 3.63) is 81.5 Å². The first kappa shape index (κ1) is 18.1. The number of Topliss-reactive ketones (excluding diaryl/α,β-unsaturated/α-hetero) is 1. The van der Waals surface area contributed by atoms with E-state index in [1.54, 1.807) is 60.7 Å². The minimum atomic E-state index is -0.209. The SMILES string of the molecule is COc1cc2c(=O)c3ccccc3oc2cc1OCC(=O)c1ccc(Cl)cc1. The molecule has 1 heterocycles. The van der Waals surface area contributed by atoms with Crippen LogP contribution in [0, 0.1) is 0 Å². The highest BCUT2D eigenvalue weighted by molar-refractivity contribution is 6.30. The van der Waals surface area contributed by atoms with Gasteiger partial charge in [0.05, 0.1) is 17.9 Å². The van der Waals surface area contributed by atoms with Crippen molar-refractivity contribution in [2.24, 2.45) is 0 Å². The van der Waals surface area contributed by atoms with Crippen molar-refractivity contribution in [1.82, 2.24) is 0 Å². The highest BCUT2D eigenvalue weighted by Gasteiger charge is 2.15. The zero-order valence-electron chi connectivity index (χ0n) is 14.9. The summed E-state index contributed by atoms with van der Waals surface area (Å²) in [5.41, 5.74) is 1.17. The molecule has 0 aliphatic carbocycles. The van der Waals surface area contributed by atoms with Crippen molar-refractivity contribution in [2.45, 2.75) is 0 Å². The molecule has 6 heteroatoms. The maximum absolute atomic E-state index is 12.7. The van der Waals surface area contributed by atoms with Gasteiger partial charge in [0.2, 0.25) is 5.43 Å². The quantitative estimate of drug-likeness (QED) is 0.357. The number of rotatable bonds is 5. The molecular weight excluding hydrogens is 380 g/mol. The van der Waals surface area contributed by atoms with Crippen LogP contribution in [0.4, 0.5) is 0 Å². The van der Waals surface area contributed by atoms with E-state index in [9.17, 15) is 9.59 Å². The van der Waals surface area contributed by atoms with Gasteiger partial charge in [0.1, 0.15) is 11.2 Å². The number of ketones is 1. The van der Waals surface area contributed by atoms with Crippen LogP contribution in [0.3, 0.4) is 0 Å². The maximum Gasteiger partial charge on any atom is 0.200 e. The van der Waals surface area contributed by atoms with Crippen molar-refractivity contribution in [3.63, 3.8) is 0 Å². The van der Waals surface area contributed by atoms with E-state index in [0.717, 1.165) is 0 Å². The molecule has 0 unspecified atom stereocenters. The third kappa shape index (κ3) is 3.32. The zero-order chi connectivity index (χ0) is 19.7. The number of halogens is 1. The van der Waals surface area contributed by atoms with Crippen LogP contribution in [0.5, 0.6) is 11.5 Å². The predicted octanol–water partition coefficient (Wildman–Crippen LogP) is 4.87. The summed E-state index contributed by atoms with van der Waals surface area (Å²) in [6.07, 6.45) is 0. The second-order valence-electron chi connectivity index (χ2n) is 6.15. The Hall–Kier alpha value is -3.31. The molecule has 0 aliphatic rings. The molecule has 0 amide bonds. The molecular formula is C22H15ClO5. The molecule has 4 rings (SSSR count). The van der Waals surface area contributed by atoms with Gasteiger partial charge in [-0.1, -0.05) is 23.7 Å². The van der Waals surface area contributed by atoms with Crippen molar-refractivity contribution in [2.75, 3.05) is 13.7 Å². The van der Waals surface area contributed by atoms with Gasteiger partial charge in [-0.25, -0.2) is 0 Å². The number of methoxy groups -OCH3 is 1. The molecule has 3 aromatic carbocycles. The largest absolute Gasteiger partial charge is 0.493 e. The summed E-state index contributed by atoms with van der Waals surface area (Å²) in [6.45, 7) is -0.193. The standard InChI is InChI=1S/C22H15ClO5/c1-26-20-10-16-19(28-18-5-3-2-4-15(18)22(16)25)11-21(20)27-12-17(24)13-6-8-14(23)9-7-13/h2-11H,12H2,1H3. The van der Waals surface area contributed by atoms with Crippen LogP contribution in [0.2, 0.25) is 5.02 Å². The first-order valence-corrected chi connectivity index (χ1v) is 8.90. The Morgan fingerprint density at radius 3 is 2.46 bits per heavy atom. The fourth-order valence-corrected chi connectivity index (χ4v) is 3.07. The van der Waals surface area contributed by atoms with Gasteiger partial charge in [0.25, 0.3) is 0 Å². The third-order valence-corrected chi connectivity index (χ3v) is 4.64. The van der Waals surface area contributed by atoms with Gasteiger partial charge in [-0.3, -0.25) is 9.59 Å². The van der Waals surface area contributed by atoms with E-state index in [0.29, 0.717) is 44.0 Å². The molecule has 0 fully saturated rings. The molecule has 5 nitrogen and oxygen atoms in total. The molecule has 0 N–H and O–H groups in total. The average molecular weight is 395 g/mol. The van der Waals surface area contributed by atoms with Crippen molar-refractivity contribution in [1.29, 1.82) is 0 Å². The van der Waals surface area contributed by atoms with E-state index in [4.69, 9.17) is 25.5 Å². The van der Waals surface area contributed by atoms with Gasteiger partial charge < -0.3 is 13.9 Å². The Morgan fingerprint density at radius 1 is 0.964 bits per heavy atom. The Kier molecular flexibility index (Phi) is 4.75. The second-order valence-corrected chi connectivity index (χ2v) is 6.58. The first-order chi connectivity index (χ1) is 13.6. The summed E-state index contributed by atoms with van der Waals surface area (Å²) < 4.78 is 16.8. The molecule has 1 aromatic heterocycles. The Balaban J connectivity index is 1.70. The van der Waals surface area contributed by atoms with E-state index >= 15 is 0 Å². The van der Waals surface area contributed by atoms with Crippen molar-refractivity contribution >= 4 is 39.3 Å². The van der Waals surface area contributed by atoms with Crippen LogP contribution in [-0.4, -0.2) is 19.5 Å². The summed E-state index contributed by atoms with van der Waals surface area (Å²) in [5.74, 6) is 0.452. The molecule has 28 heavy (non-hydrogen) atoms. The van der Waals surface area contributed by atoms with Crippen LogP contribution in [-0.2, 0) is 0 Å². The fraction of sp³-hybridized carbons (Fsp3) is 0.0909. The lowest BCUT2D eigenvalue weighted by Gasteiger charge is -2.11. The van der Waals surface area contributed by atoms with Gasteiger partial charge in [0, 0.05) is 16.7 Å². The van der Waals surface area contributed by atoms with E-state index < -0.39 is 0 Å². The molecule has 0 saturated heterocycles. The maximum atomic E-state index is 12.7. The van der Waals surface area contributed by atoms with Gasteiger partial charge in [0.15, 0.2) is 23.9 Å². The number of carbonyl (C=O) groups excluding carboxylic acids is 1. The monoisotopic (exact) mass is 394 g/mol. The Bertz CT molecular complexity index is 1240. The topological polar surface area (TPSA) is 65.7 Å². The van der Waals surface area contributed by atoms with Crippen molar-refractivity contribution < 1.29 is 18.7 Å². The van der Waals surface area contributed by atoms with Gasteiger partial charge in [-0.15, -0.1) is 0 Å². The minimum absolute atomic E-state index is 0.154. The van der Waals surface area contributed by atoms with Crippen LogP contribution in [0.1, 0.15) is 10.4 Å². The predicted molar refractivity (Wildman–Crippen MR) is 108 cm³/mol. The highest BCUT2D eigenvalue weighted by atomic mass is 35.5. The smallest absolute Gasteiger partial charge is 0.200 e. The van der Waals surface area contributed by atoms with Crippen LogP contribution >= 0.6 is 11.6 Å². The Morgan fingerprint density at radius 2 is 1.71 bits per heavy atom. The lowest BCUT2D eigenvalue weighted by molar-refractivity contribution is 0.0919. The Labute approximate surface area is 165 Å². The average Bonchev–Trinajstić information content (AvgIpc) is 2.72. The molecule has 140 valence electrons. The molecule has 0 aliphatic heterocycles. The minimum Gasteiger partial charge on any atom is -0.493 e. The lowest BCUT2D eigenvalue weighted by atomic mass is 10.1. The second kappa shape index (κ2) is 7.37. The summed E-state index contributed by atoms with van der Waals surface area (Å²) in [4.78, 5) is 25.1. The number of hydrogen-bond donors (Lipinski definition) is 0. The lowest BCUT2D eigenvalue weighted by Crippen LogP contribution is -2.12. The zero-order valence-corrected chi connectivity index (χ0v) is 15.7.